The van der Waals surface area contributed by atoms with E-state index >= 15 is 0 Å². The Morgan fingerprint density at radius 2 is 2.39 bits per heavy atom. The lowest BCUT2D eigenvalue weighted by atomic mass is 9.98. The Bertz CT molecular complexity index is 356. The molecule has 1 aliphatic heterocycles. The average molecular weight is 251 g/mol. The Morgan fingerprint density at radius 3 is 2.94 bits per heavy atom. The van der Waals surface area contributed by atoms with Crippen LogP contribution in [0.25, 0.3) is 0 Å². The van der Waals surface area contributed by atoms with Crippen LogP contribution in [0.15, 0.2) is 10.6 Å². The van der Waals surface area contributed by atoms with Gasteiger partial charge in [-0.25, -0.2) is 0 Å². The molecule has 102 valence electrons. The molecule has 0 radical (unpaired) electrons. The van der Waals surface area contributed by atoms with Crippen molar-refractivity contribution in [3.8, 4) is 0 Å². The van der Waals surface area contributed by atoms with Crippen LogP contribution in [0.4, 0.5) is 0 Å². The quantitative estimate of drug-likeness (QED) is 0.871. The molecule has 0 amide bonds. The largest absolute Gasteiger partial charge is 0.361 e. The normalized spacial score (nSPS) is 20.8. The van der Waals surface area contributed by atoms with E-state index in [4.69, 9.17) is 4.52 Å². The molecule has 0 spiro atoms. The van der Waals surface area contributed by atoms with Gasteiger partial charge in [0.25, 0.3) is 0 Å². The number of piperidine rings is 1. The molecule has 1 atom stereocenters. The van der Waals surface area contributed by atoms with Gasteiger partial charge < -0.3 is 9.84 Å². The van der Waals surface area contributed by atoms with E-state index in [0.29, 0.717) is 6.04 Å². The van der Waals surface area contributed by atoms with Crippen LogP contribution in [0, 0.1) is 12.8 Å². The topological polar surface area (TPSA) is 41.3 Å². The zero-order chi connectivity index (χ0) is 13.0. The molecule has 0 aliphatic carbocycles. The van der Waals surface area contributed by atoms with Crippen LogP contribution in [0.2, 0.25) is 0 Å². The number of rotatable bonds is 5. The second-order valence-electron chi connectivity index (χ2n) is 5.66. The van der Waals surface area contributed by atoms with E-state index in [9.17, 15) is 0 Å². The van der Waals surface area contributed by atoms with Gasteiger partial charge in [-0.1, -0.05) is 5.16 Å². The molecule has 1 aromatic heterocycles. The second kappa shape index (κ2) is 6.34. The third-order valence-corrected chi connectivity index (χ3v) is 3.66. The second-order valence-corrected chi connectivity index (χ2v) is 5.66. The lowest BCUT2D eigenvalue weighted by Crippen LogP contribution is -2.40. The summed E-state index contributed by atoms with van der Waals surface area (Å²) in [7, 11) is 0. The summed E-state index contributed by atoms with van der Waals surface area (Å²) in [5.41, 5.74) is 1.05. The molecule has 1 fully saturated rings. The van der Waals surface area contributed by atoms with Crippen molar-refractivity contribution in [2.45, 2.75) is 46.2 Å². The third kappa shape index (κ3) is 3.82. The maximum absolute atomic E-state index is 5.15. The van der Waals surface area contributed by atoms with Gasteiger partial charge in [0.1, 0.15) is 5.76 Å². The van der Waals surface area contributed by atoms with Gasteiger partial charge in [-0.2, -0.15) is 0 Å². The summed E-state index contributed by atoms with van der Waals surface area (Å²) in [6, 6.07) is 2.58. The molecular formula is C14H25N3O. The van der Waals surface area contributed by atoms with E-state index in [1.807, 2.05) is 13.0 Å². The number of hydrogen-bond donors (Lipinski definition) is 1. The fourth-order valence-electron chi connectivity index (χ4n) is 2.57. The van der Waals surface area contributed by atoms with Crippen molar-refractivity contribution in [1.82, 2.24) is 15.4 Å². The molecule has 18 heavy (non-hydrogen) atoms. The highest BCUT2D eigenvalue weighted by Gasteiger charge is 2.19. The number of aryl methyl sites for hydroxylation is 1. The molecule has 0 saturated carbocycles. The zero-order valence-electron chi connectivity index (χ0n) is 11.8. The van der Waals surface area contributed by atoms with Crippen LogP contribution in [0.3, 0.4) is 0 Å². The van der Waals surface area contributed by atoms with Gasteiger partial charge in [0.2, 0.25) is 0 Å². The minimum atomic E-state index is 0.545. The summed E-state index contributed by atoms with van der Waals surface area (Å²) >= 11 is 0. The Labute approximate surface area is 110 Å². The van der Waals surface area contributed by atoms with Crippen molar-refractivity contribution in [1.29, 1.82) is 0 Å². The van der Waals surface area contributed by atoms with E-state index in [0.717, 1.165) is 37.0 Å². The minimum Gasteiger partial charge on any atom is -0.361 e. The predicted molar refractivity (Wildman–Crippen MR) is 72.4 cm³/mol. The SMILES string of the molecule is Cc1cc(CN(CC2CCCNC2)C(C)C)no1. The molecule has 1 N–H and O–H groups in total. The maximum atomic E-state index is 5.15. The first-order valence-electron chi connectivity index (χ1n) is 7.02. The molecule has 1 unspecified atom stereocenters. The lowest BCUT2D eigenvalue weighted by molar-refractivity contribution is 0.160. The fraction of sp³-hybridized carbons (Fsp3) is 0.786. The molecule has 1 aromatic rings. The van der Waals surface area contributed by atoms with Crippen molar-refractivity contribution in [3.05, 3.63) is 17.5 Å². The van der Waals surface area contributed by atoms with Crippen LogP contribution in [0.1, 0.15) is 38.1 Å². The minimum absolute atomic E-state index is 0.545. The Morgan fingerprint density at radius 1 is 1.56 bits per heavy atom. The Kier molecular flexibility index (Phi) is 4.78. The van der Waals surface area contributed by atoms with Gasteiger partial charge in [0.05, 0.1) is 5.69 Å². The molecule has 2 heterocycles. The van der Waals surface area contributed by atoms with Gasteiger partial charge in [0, 0.05) is 25.2 Å². The summed E-state index contributed by atoms with van der Waals surface area (Å²) in [4.78, 5) is 2.50. The van der Waals surface area contributed by atoms with Crippen molar-refractivity contribution in [2.75, 3.05) is 19.6 Å². The monoisotopic (exact) mass is 251 g/mol. The van der Waals surface area contributed by atoms with Crippen molar-refractivity contribution in [2.24, 2.45) is 5.92 Å². The lowest BCUT2D eigenvalue weighted by Gasteiger charge is -2.32. The van der Waals surface area contributed by atoms with Gasteiger partial charge in [0.15, 0.2) is 0 Å². The van der Waals surface area contributed by atoms with Crippen molar-refractivity contribution in [3.63, 3.8) is 0 Å². The first kappa shape index (κ1) is 13.6. The molecule has 1 aliphatic rings. The third-order valence-electron chi connectivity index (χ3n) is 3.66. The van der Waals surface area contributed by atoms with Crippen LogP contribution >= 0.6 is 0 Å². The summed E-state index contributed by atoms with van der Waals surface area (Å²) < 4.78 is 5.15. The van der Waals surface area contributed by atoms with Crippen LogP contribution < -0.4 is 5.32 Å². The van der Waals surface area contributed by atoms with Crippen LogP contribution in [-0.2, 0) is 6.54 Å². The number of nitrogens with one attached hydrogen (secondary N) is 1. The van der Waals surface area contributed by atoms with Crippen molar-refractivity contribution < 1.29 is 4.52 Å². The van der Waals surface area contributed by atoms with Crippen molar-refractivity contribution >= 4 is 0 Å². The highest BCUT2D eigenvalue weighted by atomic mass is 16.5. The molecule has 1 saturated heterocycles. The molecular weight excluding hydrogens is 226 g/mol. The van der Waals surface area contributed by atoms with E-state index in [-0.39, 0.29) is 0 Å². The maximum Gasteiger partial charge on any atom is 0.133 e. The fourth-order valence-corrected chi connectivity index (χ4v) is 2.57. The number of nitrogens with zero attached hydrogens (tertiary/aromatic N) is 2. The standard InChI is InChI=1S/C14H25N3O/c1-11(2)17(9-13-5-4-6-15-8-13)10-14-7-12(3)18-16-14/h7,11,13,15H,4-6,8-10H2,1-3H3. The Balaban J connectivity index is 1.90. The van der Waals surface area contributed by atoms with Gasteiger partial charge >= 0.3 is 0 Å². The van der Waals surface area contributed by atoms with Crippen LogP contribution in [0.5, 0.6) is 0 Å². The summed E-state index contributed by atoms with van der Waals surface area (Å²) in [6.07, 6.45) is 2.65. The first-order valence-corrected chi connectivity index (χ1v) is 7.02. The summed E-state index contributed by atoms with van der Waals surface area (Å²) in [6.45, 7) is 10.8. The van der Waals surface area contributed by atoms with Gasteiger partial charge in [-0.05, 0) is 52.6 Å². The molecule has 4 nitrogen and oxygen atoms in total. The van der Waals surface area contributed by atoms with E-state index in [1.165, 1.54) is 19.4 Å². The average Bonchev–Trinajstić information content (AvgIpc) is 2.75. The highest BCUT2D eigenvalue weighted by molar-refractivity contribution is 5.03. The smallest absolute Gasteiger partial charge is 0.133 e. The number of aromatic nitrogens is 1. The van der Waals surface area contributed by atoms with E-state index in [1.54, 1.807) is 0 Å². The summed E-state index contributed by atoms with van der Waals surface area (Å²) in [5, 5.41) is 7.59. The highest BCUT2D eigenvalue weighted by Crippen LogP contribution is 2.16. The van der Waals surface area contributed by atoms with E-state index < -0.39 is 0 Å². The number of hydrogen-bond acceptors (Lipinski definition) is 4. The molecule has 2 rings (SSSR count). The zero-order valence-corrected chi connectivity index (χ0v) is 11.8. The van der Waals surface area contributed by atoms with Gasteiger partial charge in [-0.3, -0.25) is 4.90 Å². The molecule has 0 bridgehead atoms. The Hall–Kier alpha value is -0.870. The first-order chi connectivity index (χ1) is 8.65. The predicted octanol–water partition coefficient (Wildman–Crippen LogP) is 2.19. The molecule has 0 aromatic carbocycles. The van der Waals surface area contributed by atoms with E-state index in [2.05, 4.69) is 29.2 Å². The van der Waals surface area contributed by atoms with Gasteiger partial charge in [-0.15, -0.1) is 0 Å². The van der Waals surface area contributed by atoms with Crippen LogP contribution in [-0.4, -0.2) is 35.7 Å². The summed E-state index contributed by atoms with van der Waals surface area (Å²) in [5.74, 6) is 1.67. The molecule has 4 heteroatoms.